The summed E-state index contributed by atoms with van der Waals surface area (Å²) < 4.78 is 7.49. The van der Waals surface area contributed by atoms with Crippen LogP contribution in [-0.4, -0.2) is 35.3 Å². The molecule has 2 heterocycles. The van der Waals surface area contributed by atoms with Crippen molar-refractivity contribution >= 4 is 29.3 Å². The van der Waals surface area contributed by atoms with Gasteiger partial charge in [-0.2, -0.15) is 0 Å². The first kappa shape index (κ1) is 20.1. The van der Waals surface area contributed by atoms with Gasteiger partial charge in [-0.25, -0.2) is 0 Å². The van der Waals surface area contributed by atoms with E-state index in [-0.39, 0.29) is 24.1 Å². The second-order valence-corrected chi connectivity index (χ2v) is 7.82. The number of anilines is 1. The average Bonchev–Trinajstić information content (AvgIpc) is 3.23. The topological polar surface area (TPSA) is 63.6 Å². The minimum absolute atomic E-state index is 0.0238. The van der Waals surface area contributed by atoms with E-state index in [0.717, 1.165) is 27.7 Å². The van der Waals surface area contributed by atoms with Crippen molar-refractivity contribution in [3.05, 3.63) is 72.4 Å². The van der Waals surface area contributed by atoms with Crippen LogP contribution in [0, 0.1) is 0 Å². The van der Waals surface area contributed by atoms with Crippen molar-refractivity contribution < 1.29 is 14.3 Å². The number of aromatic nitrogens is 1. The highest BCUT2D eigenvalue weighted by atomic mass is 32.2. The summed E-state index contributed by atoms with van der Waals surface area (Å²) in [6.45, 7) is 2.92. The number of rotatable bonds is 6. The normalized spacial score (nSPS) is 13.1. The third-order valence-electron chi connectivity index (χ3n) is 4.81. The number of fused-ring (bicyclic) bond motifs is 3. The molecule has 1 aliphatic heterocycles. The lowest BCUT2D eigenvalue weighted by atomic mass is 10.2. The van der Waals surface area contributed by atoms with E-state index >= 15 is 0 Å². The summed E-state index contributed by atoms with van der Waals surface area (Å²) in [6.07, 6.45) is 1.97. The van der Waals surface area contributed by atoms with E-state index in [0.29, 0.717) is 13.2 Å². The van der Waals surface area contributed by atoms with Crippen molar-refractivity contribution in [2.45, 2.75) is 18.5 Å². The van der Waals surface area contributed by atoms with Crippen LogP contribution in [0.3, 0.4) is 0 Å². The zero-order valence-corrected chi connectivity index (χ0v) is 17.5. The smallest absolute Gasteiger partial charge is 0.240 e. The van der Waals surface area contributed by atoms with Crippen LogP contribution in [0.25, 0.3) is 5.69 Å². The zero-order valence-electron chi connectivity index (χ0n) is 16.7. The molecule has 1 aromatic heterocycles. The second kappa shape index (κ2) is 9.09. The van der Waals surface area contributed by atoms with Gasteiger partial charge in [0.15, 0.2) is 0 Å². The summed E-state index contributed by atoms with van der Waals surface area (Å²) in [5.74, 6) is 0.795. The fourth-order valence-electron chi connectivity index (χ4n) is 3.37. The Balaban J connectivity index is 1.48. The SMILES string of the molecule is CCOc1ccc(CNC(=O)CN2C(=O)CSc3cccn3-c3ccccc32)cc1. The molecule has 3 aromatic rings. The van der Waals surface area contributed by atoms with Crippen LogP contribution in [0.2, 0.25) is 0 Å². The van der Waals surface area contributed by atoms with Crippen LogP contribution in [0.1, 0.15) is 12.5 Å². The Morgan fingerprint density at radius 3 is 2.60 bits per heavy atom. The highest BCUT2D eigenvalue weighted by Gasteiger charge is 2.25. The van der Waals surface area contributed by atoms with E-state index in [4.69, 9.17) is 4.74 Å². The molecule has 2 amide bonds. The molecule has 2 aromatic carbocycles. The molecule has 0 unspecified atom stereocenters. The molecule has 0 radical (unpaired) electrons. The van der Waals surface area contributed by atoms with Gasteiger partial charge in [0.25, 0.3) is 0 Å². The fraction of sp³-hybridized carbons (Fsp3) is 0.217. The Morgan fingerprint density at radius 1 is 1.07 bits per heavy atom. The van der Waals surface area contributed by atoms with Gasteiger partial charge in [0.1, 0.15) is 12.3 Å². The molecule has 0 bridgehead atoms. The maximum absolute atomic E-state index is 12.9. The van der Waals surface area contributed by atoms with E-state index in [1.54, 1.807) is 4.90 Å². The van der Waals surface area contributed by atoms with Crippen LogP contribution in [-0.2, 0) is 16.1 Å². The lowest BCUT2D eigenvalue weighted by Gasteiger charge is -2.27. The van der Waals surface area contributed by atoms with Crippen LogP contribution < -0.4 is 15.0 Å². The predicted molar refractivity (Wildman–Crippen MR) is 118 cm³/mol. The number of para-hydroxylation sites is 2. The summed E-state index contributed by atoms with van der Waals surface area (Å²) in [5, 5.41) is 3.92. The van der Waals surface area contributed by atoms with E-state index in [9.17, 15) is 9.59 Å². The number of thioether (sulfide) groups is 1. The zero-order chi connectivity index (χ0) is 20.9. The van der Waals surface area contributed by atoms with Gasteiger partial charge in [-0.1, -0.05) is 36.0 Å². The molecule has 0 fully saturated rings. The largest absolute Gasteiger partial charge is 0.494 e. The lowest BCUT2D eigenvalue weighted by molar-refractivity contribution is -0.123. The molecule has 4 rings (SSSR count). The van der Waals surface area contributed by atoms with Crippen molar-refractivity contribution in [1.82, 2.24) is 9.88 Å². The molecule has 30 heavy (non-hydrogen) atoms. The van der Waals surface area contributed by atoms with Gasteiger partial charge in [0.05, 0.1) is 28.8 Å². The average molecular weight is 422 g/mol. The Labute approximate surface area is 179 Å². The molecule has 0 aliphatic carbocycles. The molecule has 0 saturated heterocycles. The number of hydrogen-bond donors (Lipinski definition) is 1. The van der Waals surface area contributed by atoms with Gasteiger partial charge < -0.3 is 19.5 Å². The number of hydrogen-bond acceptors (Lipinski definition) is 4. The van der Waals surface area contributed by atoms with Crippen LogP contribution in [0.5, 0.6) is 5.75 Å². The quantitative estimate of drug-likeness (QED) is 0.660. The molecule has 1 aliphatic rings. The standard InChI is InChI=1S/C23H23N3O3S/c1-2-29-18-11-9-17(10-12-18)14-24-21(27)15-26-20-7-4-3-6-19(20)25-13-5-8-23(25)30-16-22(26)28/h3-13H,2,14-16H2,1H3,(H,24,27). The van der Waals surface area contributed by atoms with Crippen LogP contribution >= 0.6 is 11.8 Å². The highest BCUT2D eigenvalue weighted by Crippen LogP contribution is 2.32. The van der Waals surface area contributed by atoms with Gasteiger partial charge in [-0.3, -0.25) is 9.59 Å². The number of carbonyl (C=O) groups excluding carboxylic acids is 2. The summed E-state index contributed by atoms with van der Waals surface area (Å²) >= 11 is 1.48. The minimum Gasteiger partial charge on any atom is -0.494 e. The number of amides is 2. The van der Waals surface area contributed by atoms with Gasteiger partial charge in [0, 0.05) is 12.7 Å². The number of ether oxygens (including phenoxy) is 1. The van der Waals surface area contributed by atoms with E-state index in [1.165, 1.54) is 11.8 Å². The van der Waals surface area contributed by atoms with Gasteiger partial charge in [-0.05, 0) is 48.9 Å². The van der Waals surface area contributed by atoms with E-state index in [1.807, 2.05) is 73.8 Å². The third kappa shape index (κ3) is 4.36. The van der Waals surface area contributed by atoms with Crippen LogP contribution in [0.15, 0.2) is 71.9 Å². The Hall–Kier alpha value is -3.19. The second-order valence-electron chi connectivity index (χ2n) is 6.83. The number of nitrogens with one attached hydrogen (secondary N) is 1. The van der Waals surface area contributed by atoms with Crippen molar-refractivity contribution in [3.63, 3.8) is 0 Å². The molecule has 154 valence electrons. The van der Waals surface area contributed by atoms with Gasteiger partial charge in [-0.15, -0.1) is 0 Å². The first-order valence-electron chi connectivity index (χ1n) is 9.84. The van der Waals surface area contributed by atoms with E-state index in [2.05, 4.69) is 9.88 Å². The first-order chi connectivity index (χ1) is 14.7. The van der Waals surface area contributed by atoms with Crippen molar-refractivity contribution in [1.29, 1.82) is 0 Å². The molecule has 0 saturated carbocycles. The first-order valence-corrected chi connectivity index (χ1v) is 10.8. The summed E-state index contributed by atoms with van der Waals surface area (Å²) in [4.78, 5) is 27.1. The molecular weight excluding hydrogens is 398 g/mol. The Kier molecular flexibility index (Phi) is 6.09. The van der Waals surface area contributed by atoms with Gasteiger partial charge >= 0.3 is 0 Å². The molecule has 0 atom stereocenters. The lowest BCUT2D eigenvalue weighted by Crippen LogP contribution is -2.42. The van der Waals surface area contributed by atoms with Crippen molar-refractivity contribution in [2.24, 2.45) is 0 Å². The summed E-state index contributed by atoms with van der Waals surface area (Å²) in [7, 11) is 0. The molecule has 0 spiro atoms. The maximum Gasteiger partial charge on any atom is 0.240 e. The van der Waals surface area contributed by atoms with Gasteiger partial charge in [0.2, 0.25) is 11.8 Å². The van der Waals surface area contributed by atoms with Crippen molar-refractivity contribution in [3.8, 4) is 11.4 Å². The molecule has 7 heteroatoms. The highest BCUT2D eigenvalue weighted by molar-refractivity contribution is 7.99. The van der Waals surface area contributed by atoms with E-state index < -0.39 is 0 Å². The monoisotopic (exact) mass is 421 g/mol. The van der Waals surface area contributed by atoms with Crippen molar-refractivity contribution in [2.75, 3.05) is 23.8 Å². The Bertz CT molecular complexity index is 1050. The fourth-order valence-corrected chi connectivity index (χ4v) is 4.27. The summed E-state index contributed by atoms with van der Waals surface area (Å²) in [6, 6.07) is 19.2. The number of nitrogens with zero attached hydrogens (tertiary/aromatic N) is 2. The molecule has 1 N–H and O–H groups in total. The summed E-state index contributed by atoms with van der Waals surface area (Å²) in [5.41, 5.74) is 2.59. The minimum atomic E-state index is -0.203. The number of benzene rings is 2. The molecule has 6 nitrogen and oxygen atoms in total. The maximum atomic E-state index is 12.9. The van der Waals surface area contributed by atoms with Crippen LogP contribution in [0.4, 0.5) is 5.69 Å². The molecular formula is C23H23N3O3S. The third-order valence-corrected chi connectivity index (χ3v) is 5.83. The Morgan fingerprint density at radius 2 is 1.83 bits per heavy atom. The number of carbonyl (C=O) groups is 2. The predicted octanol–water partition coefficient (Wildman–Crippen LogP) is 3.63.